The molecule has 0 saturated carbocycles. The first-order chi connectivity index (χ1) is 8.76. The minimum Gasteiger partial charge on any atom is -0.375 e. The van der Waals surface area contributed by atoms with E-state index in [2.05, 4.69) is 24.3 Å². The molecule has 1 aliphatic rings. The Bertz CT molecular complexity index is 386. The average Bonchev–Trinajstić information content (AvgIpc) is 2.99. The van der Waals surface area contributed by atoms with E-state index in [-0.39, 0.29) is 0 Å². The Labute approximate surface area is 114 Å². The molecule has 1 aromatic rings. The fraction of sp³-hybridized carbons (Fsp3) is 0.769. The number of rotatable bonds is 6. The lowest BCUT2D eigenvalue weighted by Crippen LogP contribution is -2.14. The van der Waals surface area contributed by atoms with Crippen molar-refractivity contribution in [2.45, 2.75) is 39.8 Å². The number of aromatic nitrogens is 2. The van der Waals surface area contributed by atoms with Crippen LogP contribution in [0.2, 0.25) is 5.02 Å². The Morgan fingerprint density at radius 1 is 1.50 bits per heavy atom. The van der Waals surface area contributed by atoms with Gasteiger partial charge in [0, 0.05) is 13.1 Å². The van der Waals surface area contributed by atoms with Crippen molar-refractivity contribution in [1.29, 1.82) is 0 Å². The van der Waals surface area contributed by atoms with Gasteiger partial charge in [0.2, 0.25) is 0 Å². The van der Waals surface area contributed by atoms with Crippen LogP contribution in [0.5, 0.6) is 0 Å². The third kappa shape index (κ3) is 3.05. The Kier molecular flexibility index (Phi) is 5.03. The zero-order chi connectivity index (χ0) is 13.0. The van der Waals surface area contributed by atoms with E-state index in [9.17, 15) is 0 Å². The van der Waals surface area contributed by atoms with Gasteiger partial charge in [0.1, 0.15) is 0 Å². The van der Waals surface area contributed by atoms with Gasteiger partial charge in [-0.3, -0.25) is 4.68 Å². The van der Waals surface area contributed by atoms with Crippen LogP contribution in [-0.4, -0.2) is 29.5 Å². The second-order valence-corrected chi connectivity index (χ2v) is 5.13. The molecule has 18 heavy (non-hydrogen) atoms. The summed E-state index contributed by atoms with van der Waals surface area (Å²) in [6.45, 7) is 8.54. The van der Waals surface area contributed by atoms with Gasteiger partial charge >= 0.3 is 0 Å². The SMILES string of the molecule is CCc1nn(CC)c(COCC2CCNC2)c1Cl. The van der Waals surface area contributed by atoms with Crippen molar-refractivity contribution in [2.75, 3.05) is 19.7 Å². The van der Waals surface area contributed by atoms with E-state index in [1.807, 2.05) is 4.68 Å². The summed E-state index contributed by atoms with van der Waals surface area (Å²) in [7, 11) is 0. The topological polar surface area (TPSA) is 39.1 Å². The summed E-state index contributed by atoms with van der Waals surface area (Å²) < 4.78 is 7.75. The summed E-state index contributed by atoms with van der Waals surface area (Å²) in [5.41, 5.74) is 1.99. The van der Waals surface area contributed by atoms with Crippen molar-refractivity contribution in [2.24, 2.45) is 5.92 Å². The van der Waals surface area contributed by atoms with Crippen LogP contribution in [0.1, 0.15) is 31.7 Å². The standard InChI is InChI=1S/C13H22ClN3O/c1-3-11-13(14)12(17(4-2)16-11)9-18-8-10-5-6-15-7-10/h10,15H,3-9H2,1-2H3. The first-order valence-corrected chi connectivity index (χ1v) is 7.16. The molecule has 1 atom stereocenters. The monoisotopic (exact) mass is 271 g/mol. The van der Waals surface area contributed by atoms with Crippen LogP contribution in [0.25, 0.3) is 0 Å². The maximum Gasteiger partial charge on any atom is 0.0900 e. The largest absolute Gasteiger partial charge is 0.375 e. The van der Waals surface area contributed by atoms with Crippen LogP contribution in [0.4, 0.5) is 0 Å². The van der Waals surface area contributed by atoms with Gasteiger partial charge < -0.3 is 10.1 Å². The van der Waals surface area contributed by atoms with Gasteiger partial charge in [-0.2, -0.15) is 5.10 Å². The molecule has 0 bridgehead atoms. The molecule has 1 saturated heterocycles. The first-order valence-electron chi connectivity index (χ1n) is 6.78. The molecule has 0 spiro atoms. The molecule has 0 radical (unpaired) electrons. The van der Waals surface area contributed by atoms with Crippen LogP contribution in [0.15, 0.2) is 0 Å². The number of hydrogen-bond acceptors (Lipinski definition) is 3. The molecule has 1 N–H and O–H groups in total. The Morgan fingerprint density at radius 2 is 2.33 bits per heavy atom. The fourth-order valence-electron chi connectivity index (χ4n) is 2.33. The predicted octanol–water partition coefficient (Wildman–Crippen LogP) is 2.24. The molecule has 5 heteroatoms. The molecule has 2 heterocycles. The van der Waals surface area contributed by atoms with Crippen LogP contribution < -0.4 is 5.32 Å². The first kappa shape index (κ1) is 13.8. The van der Waals surface area contributed by atoms with Crippen LogP contribution in [-0.2, 0) is 24.3 Å². The molecule has 1 aliphatic heterocycles. The van der Waals surface area contributed by atoms with Gasteiger partial charge in [-0.1, -0.05) is 18.5 Å². The van der Waals surface area contributed by atoms with Gasteiger partial charge in [0.15, 0.2) is 0 Å². The number of ether oxygens (including phenoxy) is 1. The molecule has 102 valence electrons. The second-order valence-electron chi connectivity index (χ2n) is 4.75. The predicted molar refractivity (Wildman–Crippen MR) is 72.9 cm³/mol. The highest BCUT2D eigenvalue weighted by Gasteiger charge is 2.17. The molecule has 1 unspecified atom stereocenters. The van der Waals surface area contributed by atoms with Crippen molar-refractivity contribution in [1.82, 2.24) is 15.1 Å². The lowest BCUT2D eigenvalue weighted by atomic mass is 10.1. The smallest absolute Gasteiger partial charge is 0.0900 e. The van der Waals surface area contributed by atoms with Gasteiger partial charge in [-0.05, 0) is 32.2 Å². The van der Waals surface area contributed by atoms with Crippen LogP contribution >= 0.6 is 11.6 Å². The van der Waals surface area contributed by atoms with Crippen molar-refractivity contribution < 1.29 is 4.74 Å². The Balaban J connectivity index is 1.92. The summed E-state index contributed by atoms with van der Waals surface area (Å²) in [6, 6.07) is 0. The molecule has 0 aliphatic carbocycles. The van der Waals surface area contributed by atoms with Crippen molar-refractivity contribution in [3.05, 3.63) is 16.4 Å². The van der Waals surface area contributed by atoms with Crippen molar-refractivity contribution in [3.8, 4) is 0 Å². The van der Waals surface area contributed by atoms with E-state index >= 15 is 0 Å². The Morgan fingerprint density at radius 3 is 2.94 bits per heavy atom. The second kappa shape index (κ2) is 6.55. The summed E-state index contributed by atoms with van der Waals surface area (Å²) in [5.74, 6) is 0.646. The number of hydrogen-bond donors (Lipinski definition) is 1. The number of halogens is 1. The van der Waals surface area contributed by atoms with E-state index in [0.717, 1.165) is 49.1 Å². The highest BCUT2D eigenvalue weighted by atomic mass is 35.5. The van der Waals surface area contributed by atoms with Gasteiger partial charge in [-0.25, -0.2) is 0 Å². The van der Waals surface area contributed by atoms with E-state index < -0.39 is 0 Å². The minimum atomic E-state index is 0.566. The molecule has 4 nitrogen and oxygen atoms in total. The lowest BCUT2D eigenvalue weighted by Gasteiger charge is -2.10. The molecule has 2 rings (SSSR count). The minimum absolute atomic E-state index is 0.566. The number of nitrogens with one attached hydrogen (secondary N) is 1. The quantitative estimate of drug-likeness (QED) is 0.863. The zero-order valence-electron chi connectivity index (χ0n) is 11.2. The van der Waals surface area contributed by atoms with Gasteiger partial charge in [-0.15, -0.1) is 0 Å². The van der Waals surface area contributed by atoms with Crippen molar-refractivity contribution in [3.63, 3.8) is 0 Å². The number of nitrogens with zero attached hydrogens (tertiary/aromatic N) is 2. The summed E-state index contributed by atoms with van der Waals surface area (Å²) in [5, 5.41) is 8.62. The molecule has 0 amide bonds. The Hall–Kier alpha value is -0.580. The maximum absolute atomic E-state index is 6.33. The molecule has 0 aromatic carbocycles. The normalized spacial score (nSPS) is 19.6. The third-order valence-electron chi connectivity index (χ3n) is 3.45. The molecular weight excluding hydrogens is 250 g/mol. The van der Waals surface area contributed by atoms with E-state index in [1.165, 1.54) is 6.42 Å². The lowest BCUT2D eigenvalue weighted by molar-refractivity contribution is 0.0877. The third-order valence-corrected chi connectivity index (χ3v) is 3.89. The highest BCUT2D eigenvalue weighted by molar-refractivity contribution is 6.31. The average molecular weight is 272 g/mol. The maximum atomic E-state index is 6.33. The summed E-state index contributed by atoms with van der Waals surface area (Å²) in [4.78, 5) is 0. The van der Waals surface area contributed by atoms with Crippen molar-refractivity contribution >= 4 is 11.6 Å². The van der Waals surface area contributed by atoms with Gasteiger partial charge in [0.05, 0.1) is 29.6 Å². The van der Waals surface area contributed by atoms with Gasteiger partial charge in [0.25, 0.3) is 0 Å². The highest BCUT2D eigenvalue weighted by Crippen LogP contribution is 2.22. The zero-order valence-corrected chi connectivity index (χ0v) is 12.0. The van der Waals surface area contributed by atoms with E-state index in [4.69, 9.17) is 16.3 Å². The van der Waals surface area contributed by atoms with E-state index in [1.54, 1.807) is 0 Å². The number of aryl methyl sites for hydroxylation is 2. The molecule has 1 fully saturated rings. The molecular formula is C13H22ClN3O. The van der Waals surface area contributed by atoms with Crippen LogP contribution in [0, 0.1) is 5.92 Å². The summed E-state index contributed by atoms with van der Waals surface area (Å²) >= 11 is 6.33. The molecule has 1 aromatic heterocycles. The fourth-order valence-corrected chi connectivity index (χ4v) is 2.66. The van der Waals surface area contributed by atoms with E-state index in [0.29, 0.717) is 12.5 Å². The van der Waals surface area contributed by atoms with Crippen LogP contribution in [0.3, 0.4) is 0 Å². The summed E-state index contributed by atoms with van der Waals surface area (Å²) in [6.07, 6.45) is 2.08.